The maximum atomic E-state index is 2.71. The lowest BCUT2D eigenvalue weighted by molar-refractivity contribution is 0.202. The lowest BCUT2D eigenvalue weighted by Crippen LogP contribution is -2.34. The second-order valence-electron chi connectivity index (χ2n) is 4.20. The Morgan fingerprint density at radius 1 is 1.23 bits per heavy atom. The molecule has 0 aromatic carbocycles. The number of fused-ring (bicyclic) bond motifs is 1. The van der Waals surface area contributed by atoms with Crippen LogP contribution in [0.3, 0.4) is 0 Å². The van der Waals surface area contributed by atoms with Gasteiger partial charge in [0, 0.05) is 4.88 Å². The van der Waals surface area contributed by atoms with E-state index in [0.29, 0.717) is 5.54 Å². The van der Waals surface area contributed by atoms with Crippen molar-refractivity contribution in [1.29, 1.82) is 0 Å². The third kappa shape index (κ3) is 1.02. The lowest BCUT2D eigenvalue weighted by atomic mass is 9.92. The molecule has 0 unspecified atom stereocenters. The molecule has 3 rings (SSSR count). The van der Waals surface area contributed by atoms with Crippen molar-refractivity contribution in [2.24, 2.45) is 0 Å². The molecule has 1 aromatic rings. The Morgan fingerprint density at radius 3 is 2.62 bits per heavy atom. The van der Waals surface area contributed by atoms with Gasteiger partial charge in [0.15, 0.2) is 0 Å². The van der Waals surface area contributed by atoms with Crippen molar-refractivity contribution < 1.29 is 0 Å². The first-order chi connectivity index (χ1) is 6.42. The van der Waals surface area contributed by atoms with E-state index in [0.717, 1.165) is 0 Å². The molecule has 2 heteroatoms. The Morgan fingerprint density at radius 2 is 2.00 bits per heavy atom. The Labute approximate surface area is 83.4 Å². The summed E-state index contributed by atoms with van der Waals surface area (Å²) in [5, 5.41) is 2.22. The van der Waals surface area contributed by atoms with Crippen LogP contribution in [0.25, 0.3) is 0 Å². The molecular formula is C11H15NS. The lowest BCUT2D eigenvalue weighted by Gasteiger charge is -2.30. The first-order valence-electron chi connectivity index (χ1n) is 5.21. The number of hydrogen-bond donors (Lipinski definition) is 0. The molecule has 0 aliphatic carbocycles. The van der Waals surface area contributed by atoms with Crippen LogP contribution in [0.1, 0.15) is 30.6 Å². The van der Waals surface area contributed by atoms with Crippen LogP contribution in [-0.2, 0) is 5.54 Å². The quantitative estimate of drug-likeness (QED) is 0.663. The van der Waals surface area contributed by atoms with E-state index in [-0.39, 0.29) is 0 Å². The van der Waals surface area contributed by atoms with Crippen LogP contribution in [0.2, 0.25) is 0 Å². The van der Waals surface area contributed by atoms with E-state index < -0.39 is 0 Å². The van der Waals surface area contributed by atoms with Gasteiger partial charge in [0.25, 0.3) is 0 Å². The van der Waals surface area contributed by atoms with Crippen molar-refractivity contribution in [3.05, 3.63) is 22.4 Å². The molecule has 2 fully saturated rings. The first kappa shape index (κ1) is 8.01. The maximum absolute atomic E-state index is 2.71. The molecule has 2 aliphatic heterocycles. The third-order valence-corrected chi connectivity index (χ3v) is 4.69. The molecule has 0 saturated carbocycles. The van der Waals surface area contributed by atoms with Crippen LogP contribution >= 0.6 is 11.3 Å². The summed E-state index contributed by atoms with van der Waals surface area (Å²) >= 11 is 1.95. The first-order valence-corrected chi connectivity index (χ1v) is 6.09. The van der Waals surface area contributed by atoms with E-state index >= 15 is 0 Å². The van der Waals surface area contributed by atoms with Gasteiger partial charge in [-0.15, -0.1) is 11.3 Å². The van der Waals surface area contributed by atoms with Crippen molar-refractivity contribution in [1.82, 2.24) is 4.90 Å². The highest BCUT2D eigenvalue weighted by atomic mass is 32.1. The summed E-state index contributed by atoms with van der Waals surface area (Å²) < 4.78 is 0. The van der Waals surface area contributed by atoms with Crippen LogP contribution in [0.15, 0.2) is 17.5 Å². The van der Waals surface area contributed by atoms with Gasteiger partial charge in [-0.1, -0.05) is 6.07 Å². The number of hydrogen-bond acceptors (Lipinski definition) is 2. The minimum Gasteiger partial charge on any atom is -0.293 e. The molecule has 0 spiro atoms. The Hall–Kier alpha value is -0.340. The van der Waals surface area contributed by atoms with E-state index in [1.54, 1.807) is 4.88 Å². The van der Waals surface area contributed by atoms with E-state index in [4.69, 9.17) is 0 Å². The summed E-state index contributed by atoms with van der Waals surface area (Å²) in [6, 6.07) is 4.53. The summed E-state index contributed by atoms with van der Waals surface area (Å²) in [5.74, 6) is 0. The van der Waals surface area contributed by atoms with Crippen LogP contribution in [0.5, 0.6) is 0 Å². The average molecular weight is 193 g/mol. The van der Waals surface area contributed by atoms with Crippen molar-refractivity contribution in [2.45, 2.75) is 31.2 Å². The SMILES string of the molecule is c1csc(C23CCCN2CCC3)c1. The van der Waals surface area contributed by atoms with Crippen LogP contribution in [-0.4, -0.2) is 18.0 Å². The monoisotopic (exact) mass is 193 g/mol. The standard InChI is InChI=1S/C11H15NS/c1-4-10(13-9-1)11-5-2-7-12(11)8-3-6-11/h1,4,9H,2-3,5-8H2. The highest BCUT2D eigenvalue weighted by Gasteiger charge is 2.45. The Balaban J connectivity index is 2.03. The molecule has 0 amide bonds. The van der Waals surface area contributed by atoms with Gasteiger partial charge >= 0.3 is 0 Å². The molecule has 2 saturated heterocycles. The number of rotatable bonds is 1. The van der Waals surface area contributed by atoms with E-state index in [9.17, 15) is 0 Å². The minimum atomic E-state index is 0.480. The van der Waals surface area contributed by atoms with E-state index in [1.807, 2.05) is 11.3 Å². The molecule has 2 aliphatic rings. The van der Waals surface area contributed by atoms with E-state index in [1.165, 1.54) is 38.8 Å². The fraction of sp³-hybridized carbons (Fsp3) is 0.636. The summed E-state index contributed by atoms with van der Waals surface area (Å²) in [5.41, 5.74) is 0.480. The van der Waals surface area contributed by atoms with Gasteiger partial charge in [-0.25, -0.2) is 0 Å². The number of thiophene rings is 1. The van der Waals surface area contributed by atoms with Crippen LogP contribution in [0.4, 0.5) is 0 Å². The summed E-state index contributed by atoms with van der Waals surface area (Å²) in [6.07, 6.45) is 5.59. The van der Waals surface area contributed by atoms with Gasteiger partial charge in [0.1, 0.15) is 0 Å². The fourth-order valence-corrected chi connectivity index (χ4v) is 4.06. The average Bonchev–Trinajstić information content (AvgIpc) is 2.79. The second-order valence-corrected chi connectivity index (χ2v) is 5.15. The zero-order chi connectivity index (χ0) is 8.73. The largest absolute Gasteiger partial charge is 0.293 e. The van der Waals surface area contributed by atoms with Gasteiger partial charge in [-0.2, -0.15) is 0 Å². The van der Waals surface area contributed by atoms with Crippen molar-refractivity contribution in [3.63, 3.8) is 0 Å². The zero-order valence-electron chi connectivity index (χ0n) is 7.83. The van der Waals surface area contributed by atoms with Crippen molar-refractivity contribution in [2.75, 3.05) is 13.1 Å². The topological polar surface area (TPSA) is 3.24 Å². The molecule has 0 atom stereocenters. The van der Waals surface area contributed by atoms with Gasteiger partial charge in [-0.3, -0.25) is 4.90 Å². The van der Waals surface area contributed by atoms with Crippen LogP contribution in [0, 0.1) is 0 Å². The van der Waals surface area contributed by atoms with Crippen LogP contribution < -0.4 is 0 Å². The molecule has 13 heavy (non-hydrogen) atoms. The zero-order valence-corrected chi connectivity index (χ0v) is 8.65. The molecule has 3 heterocycles. The molecule has 1 aromatic heterocycles. The predicted octanol–water partition coefficient (Wildman–Crippen LogP) is 2.83. The van der Waals surface area contributed by atoms with Gasteiger partial charge < -0.3 is 0 Å². The smallest absolute Gasteiger partial charge is 0.0554 e. The second kappa shape index (κ2) is 2.82. The predicted molar refractivity (Wildman–Crippen MR) is 56.0 cm³/mol. The van der Waals surface area contributed by atoms with Gasteiger partial charge in [0.05, 0.1) is 5.54 Å². The number of nitrogens with zero attached hydrogens (tertiary/aromatic N) is 1. The highest BCUT2D eigenvalue weighted by molar-refractivity contribution is 7.10. The fourth-order valence-electron chi connectivity index (χ4n) is 3.05. The molecule has 1 nitrogen and oxygen atoms in total. The minimum absolute atomic E-state index is 0.480. The maximum Gasteiger partial charge on any atom is 0.0554 e. The van der Waals surface area contributed by atoms with Crippen molar-refractivity contribution >= 4 is 11.3 Å². The highest BCUT2D eigenvalue weighted by Crippen LogP contribution is 2.48. The van der Waals surface area contributed by atoms with E-state index in [2.05, 4.69) is 22.4 Å². The Kier molecular flexibility index (Phi) is 1.74. The molecule has 0 bridgehead atoms. The molecule has 0 radical (unpaired) electrons. The molecular weight excluding hydrogens is 178 g/mol. The third-order valence-electron chi connectivity index (χ3n) is 3.62. The summed E-state index contributed by atoms with van der Waals surface area (Å²) in [6.45, 7) is 2.66. The summed E-state index contributed by atoms with van der Waals surface area (Å²) in [4.78, 5) is 4.32. The Bertz CT molecular complexity index is 281. The molecule has 70 valence electrons. The summed E-state index contributed by atoms with van der Waals surface area (Å²) in [7, 11) is 0. The van der Waals surface area contributed by atoms with Gasteiger partial charge in [0.2, 0.25) is 0 Å². The molecule has 0 N–H and O–H groups in total. The normalized spacial score (nSPS) is 26.5. The van der Waals surface area contributed by atoms with Gasteiger partial charge in [-0.05, 0) is 50.2 Å². The van der Waals surface area contributed by atoms with Crippen molar-refractivity contribution in [3.8, 4) is 0 Å².